The van der Waals surface area contributed by atoms with E-state index in [9.17, 15) is 14.4 Å². The number of nitrogens with zero attached hydrogens (tertiary/aromatic N) is 5. The van der Waals surface area contributed by atoms with Gasteiger partial charge >= 0.3 is 6.03 Å². The highest BCUT2D eigenvalue weighted by atomic mass is 32.2. The second-order valence-corrected chi connectivity index (χ2v) is 7.62. The molecule has 2 aromatic heterocycles. The van der Waals surface area contributed by atoms with Crippen LogP contribution in [0.1, 0.15) is 37.8 Å². The van der Waals surface area contributed by atoms with Crippen LogP contribution in [0.2, 0.25) is 0 Å². The molecule has 0 aliphatic rings. The summed E-state index contributed by atoms with van der Waals surface area (Å²) in [6.07, 6.45) is 6.36. The number of unbranched alkanes of at least 4 members (excludes halogenated alkanes) is 2. The van der Waals surface area contributed by atoms with Gasteiger partial charge in [0.25, 0.3) is 0 Å². The number of carbonyl (C=O) groups is 3. The maximum absolute atomic E-state index is 12.8. The Morgan fingerprint density at radius 1 is 1.06 bits per heavy atom. The van der Waals surface area contributed by atoms with E-state index < -0.39 is 17.8 Å². The zero-order chi connectivity index (χ0) is 23.2. The Balaban J connectivity index is 1.95. The predicted molar refractivity (Wildman–Crippen MR) is 121 cm³/mol. The number of hydrogen-bond acceptors (Lipinski definition) is 10. The lowest BCUT2D eigenvalue weighted by Gasteiger charge is -2.23. The summed E-state index contributed by atoms with van der Waals surface area (Å²) < 4.78 is 1.72. The van der Waals surface area contributed by atoms with Gasteiger partial charge in [-0.25, -0.2) is 25.1 Å². The van der Waals surface area contributed by atoms with Crippen molar-refractivity contribution in [3.63, 3.8) is 0 Å². The first-order valence-electron chi connectivity index (χ1n) is 9.59. The monoisotopic (exact) mass is 477 g/mol. The number of rotatable bonds is 11. The Bertz CT molecular complexity index is 903. The van der Waals surface area contributed by atoms with Crippen LogP contribution in [0.4, 0.5) is 4.79 Å². The number of carbonyl (C=O) groups excluding carboxylic acids is 3. The van der Waals surface area contributed by atoms with Gasteiger partial charge in [0.1, 0.15) is 5.03 Å². The first-order valence-corrected chi connectivity index (χ1v) is 10.8. The lowest BCUT2D eigenvalue weighted by atomic mass is 10.1. The molecule has 0 radical (unpaired) electrons. The molecule has 0 aliphatic heterocycles. The van der Waals surface area contributed by atoms with Crippen LogP contribution in [0.3, 0.4) is 0 Å². The average molecular weight is 478 g/mol. The number of amides is 4. The average Bonchev–Trinajstić information content (AvgIpc) is 2.83. The van der Waals surface area contributed by atoms with E-state index in [0.717, 1.165) is 16.4 Å². The van der Waals surface area contributed by atoms with Gasteiger partial charge in [-0.05, 0) is 37.1 Å². The molecule has 0 fully saturated rings. The molecule has 13 heteroatoms. The third-order valence-electron chi connectivity index (χ3n) is 3.87. The Hall–Kier alpha value is -3.16. The normalized spacial score (nSPS) is 10.6. The molecule has 4 amide bonds. The summed E-state index contributed by atoms with van der Waals surface area (Å²) in [5.74, 6) is -0.992. The van der Waals surface area contributed by atoms with Gasteiger partial charge in [-0.1, -0.05) is 31.4 Å². The minimum atomic E-state index is -0.758. The molecule has 170 valence electrons. The van der Waals surface area contributed by atoms with E-state index in [1.807, 2.05) is 0 Å². The van der Waals surface area contributed by atoms with Crippen LogP contribution in [0.25, 0.3) is 0 Å². The summed E-state index contributed by atoms with van der Waals surface area (Å²) >= 11 is 4.98. The molecule has 2 rings (SSSR count). The summed E-state index contributed by atoms with van der Waals surface area (Å²) in [6, 6.07) is 9.74. The van der Waals surface area contributed by atoms with Crippen molar-refractivity contribution >= 4 is 48.8 Å². The van der Waals surface area contributed by atoms with Gasteiger partial charge in [0.05, 0.1) is 11.9 Å². The molecule has 3 N–H and O–H groups in total. The fourth-order valence-corrected chi connectivity index (χ4v) is 3.22. The molecule has 0 saturated carbocycles. The van der Waals surface area contributed by atoms with E-state index in [0.29, 0.717) is 34.3 Å². The third kappa shape index (κ3) is 8.91. The number of hydrazine groups is 1. The highest BCUT2D eigenvalue weighted by Gasteiger charge is 2.25. The molecule has 32 heavy (non-hydrogen) atoms. The molecule has 0 spiro atoms. The maximum Gasteiger partial charge on any atom is 0.367 e. The van der Waals surface area contributed by atoms with E-state index in [1.165, 1.54) is 6.21 Å². The molecule has 2 aromatic rings. The van der Waals surface area contributed by atoms with Crippen LogP contribution in [0.15, 0.2) is 58.9 Å². The molecule has 0 aromatic carbocycles. The first-order chi connectivity index (χ1) is 15.5. The first kappa shape index (κ1) is 25.1. The van der Waals surface area contributed by atoms with E-state index in [-0.39, 0.29) is 12.8 Å². The largest absolute Gasteiger partial charge is 0.367 e. The number of pyridine rings is 2. The zero-order valence-electron chi connectivity index (χ0n) is 17.0. The van der Waals surface area contributed by atoms with E-state index in [2.05, 4.69) is 33.4 Å². The van der Waals surface area contributed by atoms with E-state index in [1.54, 1.807) is 54.3 Å². The van der Waals surface area contributed by atoms with E-state index in [4.69, 9.17) is 5.21 Å². The van der Waals surface area contributed by atoms with Crippen molar-refractivity contribution in [2.45, 2.75) is 37.1 Å². The van der Waals surface area contributed by atoms with E-state index >= 15 is 0 Å². The Morgan fingerprint density at radius 2 is 1.78 bits per heavy atom. The van der Waals surface area contributed by atoms with Crippen LogP contribution in [-0.4, -0.2) is 48.0 Å². The number of aromatic nitrogens is 2. The number of hydrazone groups is 1. The molecule has 0 atom stereocenters. The van der Waals surface area contributed by atoms with Crippen LogP contribution in [0.5, 0.6) is 0 Å². The van der Waals surface area contributed by atoms with Crippen molar-refractivity contribution in [3.05, 3.63) is 54.5 Å². The number of urea groups is 1. The molecule has 0 unspecified atom stereocenters. The van der Waals surface area contributed by atoms with Gasteiger partial charge in [-0.15, -0.1) is 0 Å². The Morgan fingerprint density at radius 3 is 2.44 bits per heavy atom. The molecule has 0 aliphatic carbocycles. The summed E-state index contributed by atoms with van der Waals surface area (Å²) in [6.45, 7) is 0. The fraction of sp³-hybridized carbons (Fsp3) is 0.263. The second kappa shape index (κ2) is 14.0. The zero-order valence-corrected chi connectivity index (χ0v) is 18.7. The fourth-order valence-electron chi connectivity index (χ4n) is 2.29. The van der Waals surface area contributed by atoms with Gasteiger partial charge in [-0.3, -0.25) is 19.8 Å². The minimum absolute atomic E-state index is 0.0648. The lowest BCUT2D eigenvalue weighted by Crippen LogP contribution is -2.43. The number of hydrogen-bond donors (Lipinski definition) is 4. The van der Waals surface area contributed by atoms with Gasteiger partial charge < -0.3 is 0 Å². The van der Waals surface area contributed by atoms with Crippen molar-refractivity contribution in [1.29, 1.82) is 0 Å². The Labute approximate surface area is 194 Å². The predicted octanol–water partition coefficient (Wildman–Crippen LogP) is 2.57. The van der Waals surface area contributed by atoms with Crippen LogP contribution in [0, 0.1) is 0 Å². The molecular weight excluding hydrogens is 454 g/mol. The summed E-state index contributed by atoms with van der Waals surface area (Å²) in [7, 11) is 0. The van der Waals surface area contributed by atoms with Crippen LogP contribution < -0.4 is 11.0 Å². The van der Waals surface area contributed by atoms with Gasteiger partial charge in [0.2, 0.25) is 11.8 Å². The number of hydroxylamine groups is 1. The summed E-state index contributed by atoms with van der Waals surface area (Å²) in [5.41, 5.74) is 4.70. The highest BCUT2D eigenvalue weighted by Crippen LogP contribution is 2.21. The minimum Gasteiger partial charge on any atom is -0.289 e. The summed E-state index contributed by atoms with van der Waals surface area (Å²) in [5, 5.41) is 13.0. The van der Waals surface area contributed by atoms with Gasteiger partial charge in [0, 0.05) is 37.2 Å². The maximum atomic E-state index is 12.8. The quantitative estimate of drug-likeness (QED) is 0.0967. The molecule has 2 heterocycles. The summed E-state index contributed by atoms with van der Waals surface area (Å²) in [4.78, 5) is 44.4. The smallest absolute Gasteiger partial charge is 0.289 e. The van der Waals surface area contributed by atoms with Crippen molar-refractivity contribution < 1.29 is 19.6 Å². The number of nitrogens with one attached hydrogen (secondary N) is 2. The second-order valence-electron chi connectivity index (χ2n) is 6.25. The number of thiol groups is 1. The third-order valence-corrected chi connectivity index (χ3v) is 5.11. The standard InChI is InChI=1S/C19H23N7O4S2/c27-16(23-30)9-2-1-3-11-18(28)25(31)19(29)26(32-17-10-5-7-13-21-17)24-22-14-15-8-4-6-12-20-15/h4-8,10,12-14,24,30-31H,1-3,9,11H2,(H,23,27)/b22-14-. The lowest BCUT2D eigenvalue weighted by molar-refractivity contribution is -0.129. The SMILES string of the molecule is O=C(CCCCCC(=O)N(S)C(=O)N(N/N=C\c1ccccn1)Sc1ccccn1)NO. The van der Waals surface area contributed by atoms with Crippen molar-refractivity contribution in [3.8, 4) is 0 Å². The van der Waals surface area contributed by atoms with Crippen LogP contribution >= 0.6 is 24.8 Å². The molecule has 11 nitrogen and oxygen atoms in total. The Kier molecular flexibility index (Phi) is 11.0. The van der Waals surface area contributed by atoms with Crippen LogP contribution in [-0.2, 0) is 9.59 Å². The van der Waals surface area contributed by atoms with Gasteiger partial charge in [0.15, 0.2) is 0 Å². The molecule has 0 bridgehead atoms. The van der Waals surface area contributed by atoms with Crippen molar-refractivity contribution in [1.82, 2.24) is 29.7 Å². The highest BCUT2D eigenvalue weighted by molar-refractivity contribution is 7.97. The molecular formula is C19H23N7O4S2. The topological polar surface area (TPSA) is 140 Å². The number of imide groups is 1. The molecule has 0 saturated heterocycles. The van der Waals surface area contributed by atoms with Crippen molar-refractivity contribution in [2.75, 3.05) is 0 Å². The van der Waals surface area contributed by atoms with Crippen molar-refractivity contribution in [2.24, 2.45) is 5.10 Å². The van der Waals surface area contributed by atoms with Gasteiger partial charge in [-0.2, -0.15) is 9.52 Å².